The molecule has 16 heavy (non-hydrogen) atoms. The quantitative estimate of drug-likeness (QED) is 0.670. The Morgan fingerprint density at radius 2 is 1.56 bits per heavy atom. The Morgan fingerprint density at radius 1 is 0.875 bits per heavy atom. The normalized spacial score (nSPS) is 19.9. The van der Waals surface area contributed by atoms with Gasteiger partial charge in [-0.2, -0.15) is 0 Å². The Morgan fingerprint density at radius 3 is 2.19 bits per heavy atom. The SMILES string of the molecule is CCCN1CCCN(CCCCCN)CC1. The van der Waals surface area contributed by atoms with Crippen LogP contribution in [0.4, 0.5) is 0 Å². The van der Waals surface area contributed by atoms with Crippen LogP contribution in [-0.4, -0.2) is 55.6 Å². The maximum Gasteiger partial charge on any atom is 0.0109 e. The smallest absolute Gasteiger partial charge is 0.0109 e. The summed E-state index contributed by atoms with van der Waals surface area (Å²) in [5, 5.41) is 0. The predicted molar refractivity (Wildman–Crippen MR) is 70.7 cm³/mol. The third-order valence-corrected chi connectivity index (χ3v) is 3.40. The zero-order chi connectivity index (χ0) is 11.6. The van der Waals surface area contributed by atoms with E-state index in [0.717, 1.165) is 6.54 Å². The zero-order valence-electron chi connectivity index (χ0n) is 11.0. The number of hydrogen-bond donors (Lipinski definition) is 1. The highest BCUT2D eigenvalue weighted by Gasteiger charge is 2.13. The molecule has 0 saturated carbocycles. The van der Waals surface area contributed by atoms with Crippen LogP contribution in [0.3, 0.4) is 0 Å². The average Bonchev–Trinajstić information content (AvgIpc) is 2.51. The molecule has 1 heterocycles. The third-order valence-electron chi connectivity index (χ3n) is 3.40. The summed E-state index contributed by atoms with van der Waals surface area (Å²) in [5.74, 6) is 0. The fourth-order valence-electron chi connectivity index (χ4n) is 2.44. The van der Waals surface area contributed by atoms with Crippen LogP contribution in [0, 0.1) is 0 Å². The van der Waals surface area contributed by atoms with Crippen molar-refractivity contribution in [2.24, 2.45) is 5.73 Å². The van der Waals surface area contributed by atoms with Gasteiger partial charge in [0.25, 0.3) is 0 Å². The molecule has 0 bridgehead atoms. The first-order valence-corrected chi connectivity index (χ1v) is 7.01. The van der Waals surface area contributed by atoms with Gasteiger partial charge in [0, 0.05) is 13.1 Å². The summed E-state index contributed by atoms with van der Waals surface area (Å²) in [6, 6.07) is 0. The van der Waals surface area contributed by atoms with Crippen LogP contribution in [0.5, 0.6) is 0 Å². The molecule has 3 heteroatoms. The largest absolute Gasteiger partial charge is 0.330 e. The molecule has 1 saturated heterocycles. The molecule has 1 fully saturated rings. The fraction of sp³-hybridized carbons (Fsp3) is 1.00. The lowest BCUT2D eigenvalue weighted by atomic mass is 10.2. The topological polar surface area (TPSA) is 32.5 Å². The van der Waals surface area contributed by atoms with E-state index in [0.29, 0.717) is 0 Å². The highest BCUT2D eigenvalue weighted by molar-refractivity contribution is 4.69. The molecule has 0 amide bonds. The molecule has 1 rings (SSSR count). The van der Waals surface area contributed by atoms with Crippen LogP contribution in [0.1, 0.15) is 39.0 Å². The van der Waals surface area contributed by atoms with E-state index in [1.807, 2.05) is 0 Å². The molecule has 0 atom stereocenters. The molecule has 0 aromatic heterocycles. The van der Waals surface area contributed by atoms with Crippen LogP contribution in [0.25, 0.3) is 0 Å². The van der Waals surface area contributed by atoms with Crippen LogP contribution < -0.4 is 5.73 Å². The first-order valence-electron chi connectivity index (χ1n) is 7.01. The van der Waals surface area contributed by atoms with Crippen molar-refractivity contribution in [3.63, 3.8) is 0 Å². The Balaban J connectivity index is 2.10. The molecule has 1 aliphatic rings. The van der Waals surface area contributed by atoms with E-state index in [-0.39, 0.29) is 0 Å². The monoisotopic (exact) mass is 227 g/mol. The summed E-state index contributed by atoms with van der Waals surface area (Å²) < 4.78 is 0. The number of rotatable bonds is 7. The van der Waals surface area contributed by atoms with Crippen LogP contribution >= 0.6 is 0 Å². The number of unbranched alkanes of at least 4 members (excludes halogenated alkanes) is 2. The molecule has 0 aliphatic carbocycles. The molecule has 0 spiro atoms. The summed E-state index contributed by atoms with van der Waals surface area (Å²) in [4.78, 5) is 5.24. The zero-order valence-corrected chi connectivity index (χ0v) is 11.0. The van der Waals surface area contributed by atoms with Crippen molar-refractivity contribution in [2.75, 3.05) is 45.8 Å². The van der Waals surface area contributed by atoms with Crippen molar-refractivity contribution in [1.29, 1.82) is 0 Å². The maximum absolute atomic E-state index is 5.50. The van der Waals surface area contributed by atoms with E-state index in [1.54, 1.807) is 0 Å². The van der Waals surface area contributed by atoms with Gasteiger partial charge >= 0.3 is 0 Å². The highest BCUT2D eigenvalue weighted by Crippen LogP contribution is 2.05. The maximum atomic E-state index is 5.50. The molecule has 3 nitrogen and oxygen atoms in total. The predicted octanol–water partition coefficient (Wildman–Crippen LogP) is 1.53. The Kier molecular flexibility index (Phi) is 7.81. The van der Waals surface area contributed by atoms with Gasteiger partial charge in [-0.15, -0.1) is 0 Å². The molecule has 2 N–H and O–H groups in total. The minimum absolute atomic E-state index is 0.851. The van der Waals surface area contributed by atoms with Gasteiger partial charge in [0.1, 0.15) is 0 Å². The fourth-order valence-corrected chi connectivity index (χ4v) is 2.44. The number of nitrogens with zero attached hydrogens (tertiary/aromatic N) is 2. The van der Waals surface area contributed by atoms with Gasteiger partial charge in [-0.25, -0.2) is 0 Å². The van der Waals surface area contributed by atoms with Gasteiger partial charge in [0.2, 0.25) is 0 Å². The second-order valence-electron chi connectivity index (χ2n) is 4.89. The Bertz CT molecular complexity index is 161. The minimum atomic E-state index is 0.851. The van der Waals surface area contributed by atoms with Crippen molar-refractivity contribution in [2.45, 2.75) is 39.0 Å². The second-order valence-corrected chi connectivity index (χ2v) is 4.89. The molecular weight excluding hydrogens is 198 g/mol. The molecule has 0 aromatic rings. The lowest BCUT2D eigenvalue weighted by molar-refractivity contribution is 0.253. The van der Waals surface area contributed by atoms with E-state index >= 15 is 0 Å². The van der Waals surface area contributed by atoms with Gasteiger partial charge in [0.05, 0.1) is 0 Å². The molecule has 1 aliphatic heterocycles. The van der Waals surface area contributed by atoms with Gasteiger partial charge in [0.15, 0.2) is 0 Å². The summed E-state index contributed by atoms with van der Waals surface area (Å²) in [7, 11) is 0. The van der Waals surface area contributed by atoms with Crippen molar-refractivity contribution in [1.82, 2.24) is 9.80 Å². The highest BCUT2D eigenvalue weighted by atomic mass is 15.2. The van der Waals surface area contributed by atoms with E-state index in [4.69, 9.17) is 5.73 Å². The van der Waals surface area contributed by atoms with Crippen molar-refractivity contribution in [3.8, 4) is 0 Å². The van der Waals surface area contributed by atoms with Crippen LogP contribution in [0.15, 0.2) is 0 Å². The summed E-state index contributed by atoms with van der Waals surface area (Å²) in [5.41, 5.74) is 5.50. The van der Waals surface area contributed by atoms with Crippen LogP contribution in [-0.2, 0) is 0 Å². The Labute approximate surface area is 101 Å². The first kappa shape index (κ1) is 13.9. The summed E-state index contributed by atoms with van der Waals surface area (Å²) in [6.07, 6.45) is 6.44. The molecule has 0 aromatic carbocycles. The molecule has 0 unspecified atom stereocenters. The van der Waals surface area contributed by atoms with Gasteiger partial charge < -0.3 is 15.5 Å². The number of nitrogens with two attached hydrogens (primary N) is 1. The lowest BCUT2D eigenvalue weighted by Crippen LogP contribution is -2.31. The van der Waals surface area contributed by atoms with Gasteiger partial charge in [-0.1, -0.05) is 13.3 Å². The Hall–Kier alpha value is -0.120. The average molecular weight is 227 g/mol. The number of hydrogen-bond acceptors (Lipinski definition) is 3. The standard InChI is InChI=1S/C13H29N3/c1-2-8-15-10-6-11-16(13-12-15)9-5-3-4-7-14/h2-14H2,1H3. The van der Waals surface area contributed by atoms with Crippen molar-refractivity contribution >= 4 is 0 Å². The minimum Gasteiger partial charge on any atom is -0.330 e. The van der Waals surface area contributed by atoms with Gasteiger partial charge in [-0.3, -0.25) is 0 Å². The lowest BCUT2D eigenvalue weighted by Gasteiger charge is -2.21. The molecule has 96 valence electrons. The molecular formula is C13H29N3. The van der Waals surface area contributed by atoms with Gasteiger partial charge in [-0.05, 0) is 58.4 Å². The summed E-state index contributed by atoms with van der Waals surface area (Å²) >= 11 is 0. The van der Waals surface area contributed by atoms with E-state index in [9.17, 15) is 0 Å². The van der Waals surface area contributed by atoms with Crippen molar-refractivity contribution in [3.05, 3.63) is 0 Å². The van der Waals surface area contributed by atoms with Crippen LogP contribution in [0.2, 0.25) is 0 Å². The first-order chi connectivity index (χ1) is 7.86. The summed E-state index contributed by atoms with van der Waals surface area (Å²) in [6.45, 7) is 10.8. The van der Waals surface area contributed by atoms with E-state index < -0.39 is 0 Å². The van der Waals surface area contributed by atoms with Crippen molar-refractivity contribution < 1.29 is 0 Å². The van der Waals surface area contributed by atoms with E-state index in [1.165, 1.54) is 71.4 Å². The molecule has 0 radical (unpaired) electrons. The van der Waals surface area contributed by atoms with E-state index in [2.05, 4.69) is 16.7 Å². The third kappa shape index (κ3) is 5.83. The second kappa shape index (κ2) is 8.97.